The van der Waals surface area contributed by atoms with Crippen molar-refractivity contribution in [2.75, 3.05) is 5.32 Å². The van der Waals surface area contributed by atoms with E-state index in [0.29, 0.717) is 0 Å². The number of phenols is 1. The molecule has 0 atom stereocenters. The minimum absolute atomic E-state index is 0.0742. The van der Waals surface area contributed by atoms with Crippen molar-refractivity contribution in [2.24, 2.45) is 0 Å². The normalized spacial score (nSPS) is 13.6. The molecule has 102 valence electrons. The van der Waals surface area contributed by atoms with E-state index in [0.717, 1.165) is 4.24 Å². The second-order valence-corrected chi connectivity index (χ2v) is 6.60. The molecule has 1 aliphatic heterocycles. The van der Waals surface area contributed by atoms with E-state index in [4.69, 9.17) is 10.2 Å². The Hall–Kier alpha value is -1.18. The van der Waals surface area contributed by atoms with Crippen molar-refractivity contribution in [1.29, 1.82) is 0 Å². The summed E-state index contributed by atoms with van der Waals surface area (Å²) in [6.07, 6.45) is 2.90. The number of amides is 1. The zero-order valence-electron chi connectivity index (χ0n) is 10.0. The van der Waals surface area contributed by atoms with Gasteiger partial charge in [-0.3, -0.25) is 5.32 Å². The lowest BCUT2D eigenvalue weighted by atomic mass is 10.3. The third kappa shape index (κ3) is 6.51. The van der Waals surface area contributed by atoms with Crippen molar-refractivity contribution >= 4 is 46.0 Å². The van der Waals surface area contributed by atoms with Crippen molar-refractivity contribution < 1.29 is 15.0 Å². The summed E-state index contributed by atoms with van der Waals surface area (Å²) in [5.74, 6) is -0.0742. The van der Waals surface area contributed by atoms with Crippen molar-refractivity contribution in [1.82, 2.24) is 0 Å². The van der Waals surface area contributed by atoms with Gasteiger partial charge in [-0.15, -0.1) is 12.6 Å². The van der Waals surface area contributed by atoms with Gasteiger partial charge < -0.3 is 10.2 Å². The molecule has 2 rings (SSSR count). The van der Waals surface area contributed by atoms with Gasteiger partial charge in [-0.25, -0.2) is 4.79 Å². The van der Waals surface area contributed by atoms with Gasteiger partial charge in [0.15, 0.2) is 0 Å². The number of allylic oxidation sites excluding steroid dienone is 3. The number of thiol groups is 1. The highest BCUT2D eigenvalue weighted by Gasteiger charge is 2.01. The maximum atomic E-state index is 10.1. The molecule has 3 N–H and O–H groups in total. The summed E-state index contributed by atoms with van der Waals surface area (Å²) in [6, 6.07) is 6.13. The maximum absolute atomic E-state index is 10.1. The van der Waals surface area contributed by atoms with Gasteiger partial charge in [-0.2, -0.15) is 0 Å². The van der Waals surface area contributed by atoms with Crippen LogP contribution in [0.1, 0.15) is 6.92 Å². The summed E-state index contributed by atoms with van der Waals surface area (Å²) in [7, 11) is 3.46. The van der Waals surface area contributed by atoms with E-state index in [2.05, 4.69) is 25.6 Å². The smallest absolute Gasteiger partial charge is 0.409 e. The van der Waals surface area contributed by atoms with E-state index in [1.54, 1.807) is 33.7 Å². The number of aromatic hydroxyl groups is 1. The molecule has 1 heterocycles. The van der Waals surface area contributed by atoms with Gasteiger partial charge in [0, 0.05) is 4.24 Å². The van der Waals surface area contributed by atoms with E-state index in [1.165, 1.54) is 17.0 Å². The minimum atomic E-state index is -1.19. The SMILES string of the molecule is CC1=CC=C(S)SS1.O=C(O)Nc1ccccc1O. The third-order valence-electron chi connectivity index (χ3n) is 1.86. The number of phenolic OH excluding ortho intramolecular Hbond substituents is 1. The number of carboxylic acid groups (broad SMARTS) is 1. The van der Waals surface area contributed by atoms with Crippen LogP contribution in [-0.4, -0.2) is 16.3 Å². The van der Waals surface area contributed by atoms with Gasteiger partial charge in [-0.1, -0.05) is 29.0 Å². The van der Waals surface area contributed by atoms with Crippen molar-refractivity contribution in [2.45, 2.75) is 6.92 Å². The highest BCUT2D eigenvalue weighted by molar-refractivity contribution is 8.81. The van der Waals surface area contributed by atoms with Crippen molar-refractivity contribution in [3.63, 3.8) is 0 Å². The zero-order valence-corrected chi connectivity index (χ0v) is 12.6. The topological polar surface area (TPSA) is 69.6 Å². The molecule has 0 unspecified atom stereocenters. The first kappa shape index (κ1) is 15.9. The van der Waals surface area contributed by atoms with Crippen LogP contribution in [0, 0.1) is 0 Å². The van der Waals surface area contributed by atoms with Crippen molar-refractivity contribution in [3.05, 3.63) is 45.6 Å². The molecule has 0 aliphatic carbocycles. The average molecular weight is 315 g/mol. The van der Waals surface area contributed by atoms with Gasteiger partial charge >= 0.3 is 6.09 Å². The van der Waals surface area contributed by atoms with Crippen LogP contribution in [0.15, 0.2) is 45.6 Å². The molecule has 0 fully saturated rings. The first-order chi connectivity index (χ1) is 8.99. The van der Waals surface area contributed by atoms with Crippen LogP contribution >= 0.6 is 34.2 Å². The quantitative estimate of drug-likeness (QED) is 0.348. The number of hydrogen-bond donors (Lipinski definition) is 4. The van der Waals surface area contributed by atoms with Crippen molar-refractivity contribution in [3.8, 4) is 5.75 Å². The van der Waals surface area contributed by atoms with Crippen LogP contribution < -0.4 is 5.32 Å². The van der Waals surface area contributed by atoms with Crippen LogP contribution in [0.25, 0.3) is 0 Å². The lowest BCUT2D eigenvalue weighted by Gasteiger charge is -2.03. The molecule has 4 nitrogen and oxygen atoms in total. The van der Waals surface area contributed by atoms with E-state index in [9.17, 15) is 4.79 Å². The maximum Gasteiger partial charge on any atom is 0.409 e. The Bertz CT molecular complexity index is 497. The Morgan fingerprint density at radius 3 is 2.42 bits per heavy atom. The van der Waals surface area contributed by atoms with Gasteiger partial charge in [0.1, 0.15) is 5.75 Å². The Labute approximate surface area is 124 Å². The Morgan fingerprint density at radius 1 is 1.26 bits per heavy atom. The van der Waals surface area contributed by atoms with E-state index in [1.807, 2.05) is 11.4 Å². The number of anilines is 1. The Balaban J connectivity index is 0.000000200. The summed E-state index contributed by atoms with van der Waals surface area (Å²) in [6.45, 7) is 2.09. The Kier molecular flexibility index (Phi) is 6.75. The van der Waals surface area contributed by atoms with Gasteiger partial charge in [-0.05, 0) is 40.8 Å². The molecule has 0 saturated carbocycles. The summed E-state index contributed by atoms with van der Waals surface area (Å²) < 4.78 is 1.08. The largest absolute Gasteiger partial charge is 0.506 e. The predicted octanol–water partition coefficient (Wildman–Crippen LogP) is 4.54. The second kappa shape index (κ2) is 8.08. The van der Waals surface area contributed by atoms with E-state index < -0.39 is 6.09 Å². The number of para-hydroxylation sites is 2. The average Bonchev–Trinajstić information content (AvgIpc) is 2.36. The van der Waals surface area contributed by atoms with Crippen LogP contribution in [0.4, 0.5) is 10.5 Å². The zero-order chi connectivity index (χ0) is 14.3. The second-order valence-electron chi connectivity index (χ2n) is 3.40. The molecular formula is C12H13NO3S3. The predicted molar refractivity (Wildman–Crippen MR) is 85.8 cm³/mol. The number of carbonyl (C=O) groups is 1. The molecule has 0 aromatic heterocycles. The first-order valence-corrected chi connectivity index (χ1v) is 7.78. The van der Waals surface area contributed by atoms with Crippen LogP contribution in [0.5, 0.6) is 5.75 Å². The highest BCUT2D eigenvalue weighted by atomic mass is 33.1. The monoisotopic (exact) mass is 315 g/mol. The lowest BCUT2D eigenvalue weighted by Crippen LogP contribution is -2.06. The molecule has 1 aromatic rings. The molecule has 1 amide bonds. The Morgan fingerprint density at radius 2 is 1.95 bits per heavy atom. The minimum Gasteiger partial charge on any atom is -0.506 e. The lowest BCUT2D eigenvalue weighted by molar-refractivity contribution is 0.209. The van der Waals surface area contributed by atoms with Crippen LogP contribution in [-0.2, 0) is 0 Å². The molecule has 0 bridgehead atoms. The third-order valence-corrected chi connectivity index (χ3v) is 5.02. The van der Waals surface area contributed by atoms with E-state index in [-0.39, 0.29) is 11.4 Å². The fourth-order valence-electron chi connectivity index (χ4n) is 1.05. The van der Waals surface area contributed by atoms with Crippen LogP contribution in [0.3, 0.4) is 0 Å². The molecule has 0 spiro atoms. The number of nitrogens with one attached hydrogen (secondary N) is 1. The number of benzene rings is 1. The van der Waals surface area contributed by atoms with Crippen LogP contribution in [0.2, 0.25) is 0 Å². The number of rotatable bonds is 1. The fraction of sp³-hybridized carbons (Fsp3) is 0.0833. The van der Waals surface area contributed by atoms with Gasteiger partial charge in [0.2, 0.25) is 0 Å². The number of hydrogen-bond acceptors (Lipinski definition) is 5. The van der Waals surface area contributed by atoms with E-state index >= 15 is 0 Å². The fourth-order valence-corrected chi connectivity index (χ4v) is 2.90. The molecule has 0 radical (unpaired) electrons. The molecule has 7 heteroatoms. The van der Waals surface area contributed by atoms with Gasteiger partial charge in [0.05, 0.1) is 5.69 Å². The molecule has 19 heavy (non-hydrogen) atoms. The summed E-state index contributed by atoms with van der Waals surface area (Å²) in [5, 5.41) is 19.3. The molecule has 1 aromatic carbocycles. The standard InChI is InChI=1S/C7H7NO3.C5H6S3/c9-6-4-2-1-3-5(6)8-7(10)11;1-4-2-3-5(6)8-7-4/h1-4,8-9H,(H,10,11);2-3,6H,1H3. The molecule has 1 aliphatic rings. The summed E-state index contributed by atoms with van der Waals surface area (Å²) >= 11 is 4.16. The highest BCUT2D eigenvalue weighted by Crippen LogP contribution is 2.40. The summed E-state index contributed by atoms with van der Waals surface area (Å²) in [5.41, 5.74) is 0.194. The molecular weight excluding hydrogens is 302 g/mol. The molecule has 0 saturated heterocycles. The summed E-state index contributed by atoms with van der Waals surface area (Å²) in [4.78, 5) is 11.4. The first-order valence-electron chi connectivity index (χ1n) is 5.19. The van der Waals surface area contributed by atoms with Gasteiger partial charge in [0.25, 0.3) is 0 Å².